The van der Waals surface area contributed by atoms with Crippen LogP contribution in [0.4, 0.5) is 5.69 Å². The molecule has 10 heteroatoms. The summed E-state index contributed by atoms with van der Waals surface area (Å²) in [5, 5.41) is 3.22. The molecule has 208 valence electrons. The molecule has 0 saturated heterocycles. The van der Waals surface area contributed by atoms with Crippen LogP contribution in [0.15, 0.2) is 77.7 Å². The van der Waals surface area contributed by atoms with Crippen LogP contribution in [-0.2, 0) is 26.2 Å². The van der Waals surface area contributed by atoms with Gasteiger partial charge < -0.3 is 15.0 Å². The first-order chi connectivity index (χ1) is 18.6. The summed E-state index contributed by atoms with van der Waals surface area (Å²) in [6.07, 6.45) is 0.329. The molecule has 0 saturated carbocycles. The molecule has 0 unspecified atom stereocenters. The highest BCUT2D eigenvalue weighted by atomic mass is 35.5. The zero-order chi connectivity index (χ0) is 28.6. The number of nitrogens with one attached hydrogen (secondary N) is 1. The number of hydrogen-bond acceptors (Lipinski definition) is 5. The maximum atomic E-state index is 14.0. The second-order valence-electron chi connectivity index (χ2n) is 8.95. The molecule has 0 aliphatic rings. The zero-order valence-corrected chi connectivity index (χ0v) is 24.1. The molecule has 0 bridgehead atoms. The van der Waals surface area contributed by atoms with E-state index in [1.54, 1.807) is 74.5 Å². The fourth-order valence-electron chi connectivity index (χ4n) is 4.14. The SMILES string of the molecule is CCNC(=O)[C@H](CC)N(Cc1ccccc1Cl)C(=O)CN(c1ccc(OC)cc1)S(=O)(=O)c1ccc(C)cc1. The second-order valence-corrected chi connectivity index (χ2v) is 11.2. The van der Waals surface area contributed by atoms with Crippen molar-refractivity contribution in [3.05, 3.63) is 88.9 Å². The number of benzene rings is 3. The Morgan fingerprint density at radius 2 is 1.62 bits per heavy atom. The molecule has 8 nitrogen and oxygen atoms in total. The van der Waals surface area contributed by atoms with Crippen molar-refractivity contribution >= 4 is 39.1 Å². The van der Waals surface area contributed by atoms with E-state index in [9.17, 15) is 18.0 Å². The number of likely N-dealkylation sites (N-methyl/N-ethyl adjacent to an activating group) is 1. The Bertz CT molecular complexity index is 1380. The third kappa shape index (κ3) is 7.30. The van der Waals surface area contributed by atoms with Crippen molar-refractivity contribution in [2.24, 2.45) is 0 Å². The molecule has 0 radical (unpaired) electrons. The minimum atomic E-state index is -4.14. The Balaban J connectivity index is 2.07. The molecule has 0 aromatic heterocycles. The highest BCUT2D eigenvalue weighted by Gasteiger charge is 2.33. The molecular formula is C29H34ClN3O5S. The van der Waals surface area contributed by atoms with Crippen molar-refractivity contribution in [1.29, 1.82) is 0 Å². The number of sulfonamides is 1. The number of carbonyl (C=O) groups is 2. The summed E-state index contributed by atoms with van der Waals surface area (Å²) in [5.41, 5.74) is 1.83. The van der Waals surface area contributed by atoms with Crippen LogP contribution < -0.4 is 14.4 Å². The molecule has 3 aromatic carbocycles. The van der Waals surface area contributed by atoms with Gasteiger partial charge in [0.25, 0.3) is 10.0 Å². The van der Waals surface area contributed by atoms with Crippen molar-refractivity contribution in [2.75, 3.05) is 24.5 Å². The Morgan fingerprint density at radius 3 is 2.18 bits per heavy atom. The minimum absolute atomic E-state index is 0.0369. The highest BCUT2D eigenvalue weighted by molar-refractivity contribution is 7.92. The maximum Gasteiger partial charge on any atom is 0.264 e. The lowest BCUT2D eigenvalue weighted by molar-refractivity contribution is -0.140. The number of ether oxygens (including phenoxy) is 1. The zero-order valence-electron chi connectivity index (χ0n) is 22.6. The number of anilines is 1. The molecule has 39 heavy (non-hydrogen) atoms. The van der Waals surface area contributed by atoms with Crippen LogP contribution in [0.1, 0.15) is 31.4 Å². The van der Waals surface area contributed by atoms with Gasteiger partial charge in [-0.05, 0) is 68.3 Å². The number of hydrogen-bond donors (Lipinski definition) is 1. The van der Waals surface area contributed by atoms with Gasteiger partial charge in [-0.2, -0.15) is 0 Å². The molecule has 0 aliphatic carbocycles. The van der Waals surface area contributed by atoms with Crippen molar-refractivity contribution in [2.45, 2.75) is 44.7 Å². The van der Waals surface area contributed by atoms with Crippen molar-refractivity contribution in [3.8, 4) is 5.75 Å². The predicted molar refractivity (Wildman–Crippen MR) is 153 cm³/mol. The summed E-state index contributed by atoms with van der Waals surface area (Å²) in [5.74, 6) is -0.322. The third-order valence-electron chi connectivity index (χ3n) is 6.28. The molecule has 0 spiro atoms. The number of methoxy groups -OCH3 is 1. The number of rotatable bonds is 12. The molecule has 0 fully saturated rings. The smallest absolute Gasteiger partial charge is 0.264 e. The fraction of sp³-hybridized carbons (Fsp3) is 0.310. The summed E-state index contributed by atoms with van der Waals surface area (Å²) >= 11 is 6.40. The van der Waals surface area contributed by atoms with E-state index in [1.807, 2.05) is 6.92 Å². The maximum absolute atomic E-state index is 14.0. The lowest BCUT2D eigenvalue weighted by Gasteiger charge is -2.33. The van der Waals surface area contributed by atoms with Gasteiger partial charge in [0.15, 0.2) is 0 Å². The second kappa shape index (κ2) is 13.5. The van der Waals surface area contributed by atoms with Crippen LogP contribution in [-0.4, -0.2) is 51.4 Å². The standard InChI is InChI=1S/C29H34ClN3O5S/c1-5-27(29(35)31-6-2)32(19-22-9-7-8-10-26(22)30)28(34)20-33(23-13-15-24(38-4)16-14-23)39(36,37)25-17-11-21(3)12-18-25/h7-18,27H,5-6,19-20H2,1-4H3,(H,31,35)/t27-/m0/s1. The lowest BCUT2D eigenvalue weighted by atomic mass is 10.1. The fourth-order valence-corrected chi connectivity index (χ4v) is 5.75. The molecule has 2 amide bonds. The number of aryl methyl sites for hydroxylation is 1. The highest BCUT2D eigenvalue weighted by Crippen LogP contribution is 2.27. The van der Waals surface area contributed by atoms with Gasteiger partial charge in [-0.3, -0.25) is 13.9 Å². The van der Waals surface area contributed by atoms with Crippen LogP contribution >= 0.6 is 11.6 Å². The van der Waals surface area contributed by atoms with E-state index in [-0.39, 0.29) is 23.0 Å². The molecule has 0 heterocycles. The molecule has 1 atom stereocenters. The topological polar surface area (TPSA) is 96.0 Å². The quantitative estimate of drug-likeness (QED) is 0.337. The predicted octanol–water partition coefficient (Wildman–Crippen LogP) is 4.80. The van der Waals surface area contributed by atoms with Crippen LogP contribution in [0, 0.1) is 6.92 Å². The minimum Gasteiger partial charge on any atom is -0.497 e. The Labute approximate surface area is 235 Å². The first-order valence-corrected chi connectivity index (χ1v) is 14.5. The Hall–Kier alpha value is -3.56. The Morgan fingerprint density at radius 1 is 0.974 bits per heavy atom. The average molecular weight is 572 g/mol. The summed E-state index contributed by atoms with van der Waals surface area (Å²) in [7, 11) is -2.63. The number of nitrogens with zero attached hydrogens (tertiary/aromatic N) is 2. The van der Waals surface area contributed by atoms with Gasteiger partial charge in [-0.25, -0.2) is 8.42 Å². The summed E-state index contributed by atoms with van der Waals surface area (Å²) in [4.78, 5) is 28.4. The summed E-state index contributed by atoms with van der Waals surface area (Å²) < 4.78 is 34.0. The van der Waals surface area contributed by atoms with Crippen molar-refractivity contribution in [1.82, 2.24) is 10.2 Å². The normalized spacial score (nSPS) is 11.9. The Kier molecular flexibility index (Phi) is 10.4. The number of amides is 2. The first-order valence-electron chi connectivity index (χ1n) is 12.7. The lowest BCUT2D eigenvalue weighted by Crippen LogP contribution is -2.52. The summed E-state index contributed by atoms with van der Waals surface area (Å²) in [6, 6.07) is 19.1. The van der Waals surface area contributed by atoms with E-state index < -0.39 is 28.5 Å². The van der Waals surface area contributed by atoms with Crippen molar-refractivity contribution in [3.63, 3.8) is 0 Å². The largest absolute Gasteiger partial charge is 0.497 e. The van der Waals surface area contributed by atoms with Gasteiger partial charge in [0.2, 0.25) is 11.8 Å². The third-order valence-corrected chi connectivity index (χ3v) is 8.44. The molecule has 0 aliphatic heterocycles. The van der Waals surface area contributed by atoms with E-state index in [0.717, 1.165) is 9.87 Å². The van der Waals surface area contributed by atoms with Crippen LogP contribution in [0.25, 0.3) is 0 Å². The monoisotopic (exact) mass is 571 g/mol. The molecule has 1 N–H and O–H groups in total. The van der Waals surface area contributed by atoms with Gasteiger partial charge in [0.1, 0.15) is 18.3 Å². The van der Waals surface area contributed by atoms with Crippen LogP contribution in [0.2, 0.25) is 5.02 Å². The van der Waals surface area contributed by atoms with E-state index in [2.05, 4.69) is 5.32 Å². The average Bonchev–Trinajstić information content (AvgIpc) is 2.93. The number of carbonyl (C=O) groups excluding carboxylic acids is 2. The summed E-state index contributed by atoms with van der Waals surface area (Å²) in [6.45, 7) is 5.36. The van der Waals surface area contributed by atoms with E-state index in [1.165, 1.54) is 24.1 Å². The van der Waals surface area contributed by atoms with Crippen LogP contribution in [0.3, 0.4) is 0 Å². The van der Waals surface area contributed by atoms with Crippen LogP contribution in [0.5, 0.6) is 5.75 Å². The number of halogens is 1. The van der Waals surface area contributed by atoms with Gasteiger partial charge in [0.05, 0.1) is 17.7 Å². The molecule has 3 aromatic rings. The van der Waals surface area contributed by atoms with Gasteiger partial charge in [-0.1, -0.05) is 54.4 Å². The van der Waals surface area contributed by atoms with E-state index in [0.29, 0.717) is 29.3 Å². The van der Waals surface area contributed by atoms with E-state index in [4.69, 9.17) is 16.3 Å². The van der Waals surface area contributed by atoms with E-state index >= 15 is 0 Å². The molecular weight excluding hydrogens is 538 g/mol. The van der Waals surface area contributed by atoms with Crippen molar-refractivity contribution < 1.29 is 22.7 Å². The van der Waals surface area contributed by atoms with Gasteiger partial charge in [-0.15, -0.1) is 0 Å². The first kappa shape index (κ1) is 30.0. The molecule has 3 rings (SSSR count). The van der Waals surface area contributed by atoms with Gasteiger partial charge >= 0.3 is 0 Å². The van der Waals surface area contributed by atoms with Gasteiger partial charge in [0, 0.05) is 18.1 Å².